The molecule has 28 heavy (non-hydrogen) atoms. The van der Waals surface area contributed by atoms with Gasteiger partial charge < -0.3 is 14.2 Å². The second-order valence-electron chi connectivity index (χ2n) is 9.98. The molecule has 3 atom stereocenters. The van der Waals surface area contributed by atoms with Crippen LogP contribution in [-0.4, -0.2) is 45.6 Å². The van der Waals surface area contributed by atoms with E-state index in [9.17, 15) is 14.4 Å². The number of nitrogens with zero attached hydrogens (tertiary/aromatic N) is 1. The van der Waals surface area contributed by atoms with E-state index in [1.807, 2.05) is 41.5 Å². The fourth-order valence-electron chi connectivity index (χ4n) is 5.37. The number of ether oxygens (including phenoxy) is 3. The Morgan fingerprint density at radius 1 is 0.857 bits per heavy atom. The number of fused-ring (bicyclic) bond motifs is 1. The fourth-order valence-corrected chi connectivity index (χ4v) is 5.37. The smallest absolute Gasteiger partial charge is 0.422 e. The molecule has 8 heteroatoms. The molecule has 0 saturated carbocycles. The fraction of sp³-hybridized carbons (Fsp3) is 0.850. The molecule has 0 spiro atoms. The molecule has 3 saturated heterocycles. The van der Waals surface area contributed by atoms with Gasteiger partial charge >= 0.3 is 6.16 Å². The van der Waals surface area contributed by atoms with Gasteiger partial charge in [0.1, 0.15) is 5.60 Å². The van der Waals surface area contributed by atoms with Gasteiger partial charge in [0.2, 0.25) is 0 Å². The molecule has 2 amide bonds. The summed E-state index contributed by atoms with van der Waals surface area (Å²) >= 11 is 0. The summed E-state index contributed by atoms with van der Waals surface area (Å²) in [5, 5.41) is 0.482. The van der Waals surface area contributed by atoms with E-state index in [0.29, 0.717) is 5.06 Å². The molecule has 0 aromatic rings. The molecular weight excluding hydrogens is 366 g/mol. The molecule has 0 bridgehead atoms. The molecule has 3 heterocycles. The molecule has 0 aromatic carbocycles. The third-order valence-electron chi connectivity index (χ3n) is 8.13. The van der Waals surface area contributed by atoms with E-state index in [0.717, 1.165) is 0 Å². The maximum atomic E-state index is 12.7. The van der Waals surface area contributed by atoms with Gasteiger partial charge in [0.25, 0.3) is 11.8 Å². The van der Waals surface area contributed by atoms with Crippen molar-refractivity contribution < 1.29 is 33.4 Å². The number of hydroxylamine groups is 2. The monoisotopic (exact) mass is 397 g/mol. The minimum absolute atomic E-state index is 0.0167. The van der Waals surface area contributed by atoms with Crippen molar-refractivity contribution in [3.8, 4) is 0 Å². The lowest BCUT2D eigenvalue weighted by molar-refractivity contribution is -0.266. The first-order valence-electron chi connectivity index (χ1n) is 9.63. The van der Waals surface area contributed by atoms with E-state index in [1.54, 1.807) is 6.92 Å². The summed E-state index contributed by atoms with van der Waals surface area (Å²) in [7, 11) is 0. The van der Waals surface area contributed by atoms with E-state index >= 15 is 0 Å². The predicted molar refractivity (Wildman–Crippen MR) is 97.7 cm³/mol. The highest BCUT2D eigenvalue weighted by Gasteiger charge is 2.84. The van der Waals surface area contributed by atoms with Crippen LogP contribution in [0.3, 0.4) is 0 Å². The summed E-state index contributed by atoms with van der Waals surface area (Å²) in [6.07, 6.45) is -1.08. The second kappa shape index (κ2) is 5.48. The predicted octanol–water partition coefficient (Wildman–Crippen LogP) is 3.33. The van der Waals surface area contributed by atoms with Crippen LogP contribution >= 0.6 is 0 Å². The number of hydrogen-bond acceptors (Lipinski definition) is 7. The molecule has 8 nitrogen and oxygen atoms in total. The number of imide groups is 1. The molecule has 3 rings (SSSR count). The topological polar surface area (TPSA) is 91.4 Å². The minimum atomic E-state index is -1.19. The number of amides is 2. The van der Waals surface area contributed by atoms with E-state index in [-0.39, 0.29) is 12.8 Å². The SMILES string of the molecule is CC1(C)O[C@]2(C)OC(C)(C)[C@](C)(OC(=O)ON3C(=O)CCC3=O)[C@]2(C)C1(C)C. The lowest BCUT2D eigenvalue weighted by Crippen LogP contribution is -2.63. The highest BCUT2D eigenvalue weighted by atomic mass is 16.8. The van der Waals surface area contributed by atoms with Crippen molar-refractivity contribution in [2.24, 2.45) is 10.8 Å². The van der Waals surface area contributed by atoms with Gasteiger partial charge in [0.15, 0.2) is 11.4 Å². The highest BCUT2D eigenvalue weighted by molar-refractivity contribution is 6.01. The Labute approximate surface area is 165 Å². The average Bonchev–Trinajstić information content (AvgIpc) is 2.91. The van der Waals surface area contributed by atoms with Crippen LogP contribution in [0.4, 0.5) is 4.79 Å². The molecule has 158 valence electrons. The van der Waals surface area contributed by atoms with Gasteiger partial charge in [-0.25, -0.2) is 4.79 Å². The zero-order chi connectivity index (χ0) is 21.6. The van der Waals surface area contributed by atoms with E-state index in [1.165, 1.54) is 0 Å². The first-order chi connectivity index (χ1) is 12.5. The van der Waals surface area contributed by atoms with Crippen molar-refractivity contribution in [3.63, 3.8) is 0 Å². The maximum Gasteiger partial charge on any atom is 0.534 e. The van der Waals surface area contributed by atoms with Crippen LogP contribution in [0.25, 0.3) is 0 Å². The summed E-state index contributed by atoms with van der Waals surface area (Å²) in [5.74, 6) is -2.15. The van der Waals surface area contributed by atoms with E-state index in [2.05, 4.69) is 13.8 Å². The molecule has 0 radical (unpaired) electrons. The summed E-state index contributed by atoms with van der Waals surface area (Å²) in [6, 6.07) is 0. The van der Waals surface area contributed by atoms with Gasteiger partial charge in [-0.3, -0.25) is 14.4 Å². The summed E-state index contributed by atoms with van der Waals surface area (Å²) in [6.45, 7) is 17.4. The summed E-state index contributed by atoms with van der Waals surface area (Å²) in [4.78, 5) is 41.2. The zero-order valence-electron chi connectivity index (χ0n) is 18.2. The van der Waals surface area contributed by atoms with Crippen LogP contribution in [0.1, 0.15) is 75.2 Å². The van der Waals surface area contributed by atoms with Crippen LogP contribution in [0, 0.1) is 10.8 Å². The van der Waals surface area contributed by atoms with Crippen molar-refractivity contribution in [2.45, 2.75) is 97.7 Å². The highest BCUT2D eigenvalue weighted by Crippen LogP contribution is 2.74. The Morgan fingerprint density at radius 2 is 1.32 bits per heavy atom. The summed E-state index contributed by atoms with van der Waals surface area (Å²) in [5.41, 5.74) is -3.94. The van der Waals surface area contributed by atoms with Crippen molar-refractivity contribution in [2.75, 3.05) is 0 Å². The Kier molecular flexibility index (Phi) is 4.12. The molecule has 3 aliphatic heterocycles. The molecule has 0 aliphatic carbocycles. The Balaban J connectivity index is 1.99. The van der Waals surface area contributed by atoms with E-state index in [4.69, 9.17) is 19.0 Å². The van der Waals surface area contributed by atoms with Crippen molar-refractivity contribution in [1.29, 1.82) is 0 Å². The molecule has 0 N–H and O–H groups in total. The van der Waals surface area contributed by atoms with Crippen LogP contribution in [0.5, 0.6) is 0 Å². The van der Waals surface area contributed by atoms with Crippen molar-refractivity contribution in [1.82, 2.24) is 5.06 Å². The summed E-state index contributed by atoms with van der Waals surface area (Å²) < 4.78 is 18.6. The first kappa shape index (κ1) is 21.0. The number of carbonyl (C=O) groups is 3. The Bertz CT molecular complexity index is 742. The molecule has 0 aromatic heterocycles. The first-order valence-corrected chi connectivity index (χ1v) is 9.63. The van der Waals surface area contributed by atoms with Gasteiger partial charge in [-0.1, -0.05) is 18.9 Å². The van der Waals surface area contributed by atoms with Gasteiger partial charge in [-0.2, -0.15) is 0 Å². The van der Waals surface area contributed by atoms with Crippen LogP contribution in [-0.2, 0) is 28.6 Å². The largest absolute Gasteiger partial charge is 0.534 e. The molecule has 3 aliphatic rings. The Morgan fingerprint density at radius 3 is 1.82 bits per heavy atom. The number of hydrogen-bond donors (Lipinski definition) is 0. The number of carbonyl (C=O) groups excluding carboxylic acids is 3. The van der Waals surface area contributed by atoms with Crippen LogP contribution < -0.4 is 0 Å². The molecule has 0 unspecified atom stereocenters. The van der Waals surface area contributed by atoms with Gasteiger partial charge in [-0.15, -0.1) is 0 Å². The minimum Gasteiger partial charge on any atom is -0.422 e. The van der Waals surface area contributed by atoms with Crippen molar-refractivity contribution >= 4 is 18.0 Å². The zero-order valence-corrected chi connectivity index (χ0v) is 18.2. The van der Waals surface area contributed by atoms with Gasteiger partial charge in [-0.05, 0) is 48.5 Å². The molecular formula is C20H31NO7. The van der Waals surface area contributed by atoms with E-state index < -0.39 is 51.4 Å². The molecule has 3 fully saturated rings. The quantitative estimate of drug-likeness (QED) is 0.521. The lowest BCUT2D eigenvalue weighted by atomic mass is 9.51. The third kappa shape index (κ3) is 2.21. The third-order valence-corrected chi connectivity index (χ3v) is 8.13. The standard InChI is InChI=1S/C20H31NO7/c1-15(2)16(3,4)27-20(9)18(15,7)19(8,17(5,6)28-20)25-14(24)26-21-12(22)10-11-13(21)23/h10-11H2,1-9H3/t18-,19-,20+/m0/s1. The van der Waals surface area contributed by atoms with Crippen molar-refractivity contribution in [3.05, 3.63) is 0 Å². The lowest BCUT2D eigenvalue weighted by Gasteiger charge is -2.52. The van der Waals surface area contributed by atoms with Crippen LogP contribution in [0.15, 0.2) is 0 Å². The van der Waals surface area contributed by atoms with Gasteiger partial charge in [0.05, 0.1) is 11.0 Å². The van der Waals surface area contributed by atoms with Crippen LogP contribution in [0.2, 0.25) is 0 Å². The maximum absolute atomic E-state index is 12.7. The average molecular weight is 397 g/mol. The Hall–Kier alpha value is -1.67. The normalized spacial score (nSPS) is 40.5. The second-order valence-corrected chi connectivity index (χ2v) is 9.98. The number of rotatable bonds is 2. The van der Waals surface area contributed by atoms with Gasteiger partial charge in [0, 0.05) is 18.3 Å².